The van der Waals surface area contributed by atoms with Gasteiger partial charge in [-0.25, -0.2) is 17.9 Å². The monoisotopic (exact) mass is 520 g/mol. The van der Waals surface area contributed by atoms with E-state index in [-0.39, 0.29) is 16.8 Å². The number of carbonyl (C=O) groups excluding carboxylic acids is 2. The summed E-state index contributed by atoms with van der Waals surface area (Å²) in [5, 5.41) is 0.714. The summed E-state index contributed by atoms with van der Waals surface area (Å²) < 4.78 is 30.6. The summed E-state index contributed by atoms with van der Waals surface area (Å²) in [4.78, 5) is 30.7. The van der Waals surface area contributed by atoms with E-state index in [9.17, 15) is 18.0 Å². The van der Waals surface area contributed by atoms with Crippen LogP contribution in [0, 0.1) is 0 Å². The fourth-order valence-corrected chi connectivity index (χ4v) is 5.74. The number of carbonyl (C=O) groups is 2. The summed E-state index contributed by atoms with van der Waals surface area (Å²) in [7, 11) is -2.89. The first-order valence-electron chi connectivity index (χ1n) is 11.5. The van der Waals surface area contributed by atoms with E-state index in [2.05, 4.69) is 14.5 Å². The Morgan fingerprint density at radius 2 is 1.71 bits per heavy atom. The van der Waals surface area contributed by atoms with Crippen molar-refractivity contribution in [2.45, 2.75) is 30.7 Å². The van der Waals surface area contributed by atoms with Gasteiger partial charge in [-0.05, 0) is 67.8 Å². The number of nitrogens with zero attached hydrogens (tertiary/aromatic N) is 3. The Hall–Kier alpha value is -2.98. The molecule has 2 amide bonds. The van der Waals surface area contributed by atoms with E-state index in [1.807, 2.05) is 34.7 Å². The van der Waals surface area contributed by atoms with E-state index in [0.29, 0.717) is 31.2 Å². The van der Waals surface area contributed by atoms with Gasteiger partial charge in [-0.3, -0.25) is 4.79 Å². The third kappa shape index (κ3) is 5.48. The fourth-order valence-electron chi connectivity index (χ4n) is 4.63. The van der Waals surface area contributed by atoms with Gasteiger partial charge in [0.1, 0.15) is 6.04 Å². The molecule has 0 saturated carbocycles. The summed E-state index contributed by atoms with van der Waals surface area (Å²) >= 11 is 6.16. The Bertz CT molecular complexity index is 1200. The molecule has 0 bridgehead atoms. The van der Waals surface area contributed by atoms with E-state index in [4.69, 9.17) is 11.6 Å². The Labute approximate surface area is 210 Å². The summed E-state index contributed by atoms with van der Waals surface area (Å²) in [5.74, 6) is 0.0998. The lowest BCUT2D eigenvalue weighted by atomic mass is 10.00. The van der Waals surface area contributed by atoms with Crippen molar-refractivity contribution in [1.29, 1.82) is 0 Å². The first-order chi connectivity index (χ1) is 16.7. The van der Waals surface area contributed by atoms with Crippen molar-refractivity contribution in [3.63, 3.8) is 0 Å². The van der Waals surface area contributed by atoms with Crippen LogP contribution in [0.1, 0.15) is 18.9 Å². The largest absolute Gasteiger partial charge is 0.452 e. The molecule has 2 aromatic rings. The number of hydrogen-bond donors (Lipinski definition) is 1. The van der Waals surface area contributed by atoms with Gasteiger partial charge < -0.3 is 19.4 Å². The summed E-state index contributed by atoms with van der Waals surface area (Å²) in [5.41, 5.74) is 3.11. The van der Waals surface area contributed by atoms with Crippen LogP contribution in [0.4, 0.5) is 16.2 Å². The van der Waals surface area contributed by atoms with Crippen LogP contribution in [0.2, 0.25) is 5.02 Å². The van der Waals surface area contributed by atoms with Crippen molar-refractivity contribution >= 4 is 45.0 Å². The number of rotatable bonds is 5. The minimum atomic E-state index is -3.99. The number of aryl methyl sites for hydroxylation is 1. The van der Waals surface area contributed by atoms with Gasteiger partial charge in [0.15, 0.2) is 0 Å². The predicted molar refractivity (Wildman–Crippen MR) is 135 cm³/mol. The molecule has 0 aromatic heterocycles. The SMILES string of the molecule is COC(=O)NS(=O)(=O)c1ccc(N2CCN(C(=O)[C@@H](C)N3CCCc4cc(Cl)ccc43)CC2)cc1. The maximum Gasteiger partial charge on any atom is 0.420 e. The second-order valence-corrected chi connectivity index (χ2v) is 10.8. The van der Waals surface area contributed by atoms with Crippen molar-refractivity contribution in [2.24, 2.45) is 0 Å². The number of benzene rings is 2. The van der Waals surface area contributed by atoms with Gasteiger partial charge in [0.05, 0.1) is 12.0 Å². The molecule has 0 unspecified atom stereocenters. The lowest BCUT2D eigenvalue weighted by molar-refractivity contribution is -0.132. The van der Waals surface area contributed by atoms with Gasteiger partial charge in [-0.15, -0.1) is 0 Å². The number of ether oxygens (including phenoxy) is 1. The first-order valence-corrected chi connectivity index (χ1v) is 13.4. The van der Waals surface area contributed by atoms with Crippen LogP contribution >= 0.6 is 11.6 Å². The lowest BCUT2D eigenvalue weighted by Gasteiger charge is -2.41. The predicted octanol–water partition coefficient (Wildman–Crippen LogP) is 2.87. The fraction of sp³-hybridized carbons (Fsp3) is 0.417. The summed E-state index contributed by atoms with van der Waals surface area (Å²) in [6.45, 7) is 5.22. The Morgan fingerprint density at radius 1 is 1.03 bits per heavy atom. The molecule has 4 rings (SSSR count). The number of nitrogens with one attached hydrogen (secondary N) is 1. The zero-order valence-electron chi connectivity index (χ0n) is 19.7. The van der Waals surface area contributed by atoms with Crippen LogP contribution in [-0.4, -0.2) is 71.2 Å². The number of anilines is 2. The van der Waals surface area contributed by atoms with Crippen LogP contribution < -0.4 is 14.5 Å². The van der Waals surface area contributed by atoms with Crippen LogP contribution in [0.25, 0.3) is 0 Å². The zero-order valence-corrected chi connectivity index (χ0v) is 21.3. The second kappa shape index (κ2) is 10.3. The van der Waals surface area contributed by atoms with E-state index >= 15 is 0 Å². The summed E-state index contributed by atoms with van der Waals surface area (Å²) in [6, 6.07) is 11.9. The van der Waals surface area contributed by atoms with Crippen LogP contribution in [0.3, 0.4) is 0 Å². The molecular weight excluding hydrogens is 492 g/mol. The maximum absolute atomic E-state index is 13.3. The molecule has 2 heterocycles. The van der Waals surface area contributed by atoms with Gasteiger partial charge in [0, 0.05) is 49.1 Å². The molecule has 1 fully saturated rings. The van der Waals surface area contributed by atoms with Crippen molar-refractivity contribution in [3.8, 4) is 0 Å². The maximum atomic E-state index is 13.3. The molecule has 0 radical (unpaired) electrons. The average molecular weight is 521 g/mol. The Kier molecular flexibility index (Phi) is 7.42. The molecule has 1 atom stereocenters. The lowest BCUT2D eigenvalue weighted by Crippen LogP contribution is -2.55. The third-order valence-corrected chi connectivity index (χ3v) is 8.09. The molecular formula is C24H29ClN4O5S. The highest BCUT2D eigenvalue weighted by Crippen LogP contribution is 2.31. The van der Waals surface area contributed by atoms with Gasteiger partial charge in [-0.1, -0.05) is 11.6 Å². The van der Waals surface area contributed by atoms with Gasteiger partial charge >= 0.3 is 6.09 Å². The number of hydrogen-bond acceptors (Lipinski definition) is 7. The minimum Gasteiger partial charge on any atom is -0.452 e. The quantitative estimate of drug-likeness (QED) is 0.647. The van der Waals surface area contributed by atoms with Crippen molar-refractivity contribution < 1.29 is 22.7 Å². The highest BCUT2D eigenvalue weighted by Gasteiger charge is 2.31. The highest BCUT2D eigenvalue weighted by atomic mass is 35.5. The van der Waals surface area contributed by atoms with Crippen LogP contribution in [-0.2, 0) is 26.0 Å². The van der Waals surface area contributed by atoms with Crippen molar-refractivity contribution in [3.05, 3.63) is 53.1 Å². The first kappa shape index (κ1) is 25.1. The van der Waals surface area contributed by atoms with E-state index < -0.39 is 16.1 Å². The Balaban J connectivity index is 1.37. The molecule has 1 N–H and O–H groups in total. The van der Waals surface area contributed by atoms with Crippen LogP contribution in [0.5, 0.6) is 0 Å². The van der Waals surface area contributed by atoms with Gasteiger partial charge in [-0.2, -0.15) is 0 Å². The highest BCUT2D eigenvalue weighted by molar-refractivity contribution is 7.90. The number of halogens is 1. The number of methoxy groups -OCH3 is 1. The van der Waals surface area contributed by atoms with E-state index in [0.717, 1.165) is 37.9 Å². The molecule has 0 spiro atoms. The molecule has 35 heavy (non-hydrogen) atoms. The number of fused-ring (bicyclic) bond motifs is 1. The smallest absolute Gasteiger partial charge is 0.420 e. The normalized spacial score (nSPS) is 16.9. The minimum absolute atomic E-state index is 0.0302. The molecule has 188 valence electrons. The third-order valence-electron chi connectivity index (χ3n) is 6.53. The van der Waals surface area contributed by atoms with Gasteiger partial charge in [0.2, 0.25) is 5.91 Å². The molecule has 2 aliphatic rings. The van der Waals surface area contributed by atoms with E-state index in [1.165, 1.54) is 17.7 Å². The van der Waals surface area contributed by atoms with Crippen LogP contribution in [0.15, 0.2) is 47.4 Å². The second-order valence-electron chi connectivity index (χ2n) is 8.65. The number of piperazine rings is 1. The van der Waals surface area contributed by atoms with E-state index in [1.54, 1.807) is 12.1 Å². The molecule has 11 heteroatoms. The molecule has 0 aliphatic carbocycles. The molecule has 1 saturated heterocycles. The number of sulfonamides is 1. The standard InChI is InChI=1S/C24H29ClN4O5S/c1-17(29-11-3-4-18-16-19(25)5-10-22(18)29)23(30)28-14-12-27(13-15-28)20-6-8-21(9-7-20)35(32,33)26-24(31)34-2/h5-10,16-17H,3-4,11-15H2,1-2H3,(H,26,31)/t17-/m1/s1. The number of amides is 2. The molecule has 9 nitrogen and oxygen atoms in total. The molecule has 2 aromatic carbocycles. The van der Waals surface area contributed by atoms with Crippen molar-refractivity contribution in [1.82, 2.24) is 9.62 Å². The Morgan fingerprint density at radius 3 is 2.37 bits per heavy atom. The van der Waals surface area contributed by atoms with Crippen molar-refractivity contribution in [2.75, 3.05) is 49.6 Å². The zero-order chi connectivity index (χ0) is 25.2. The van der Waals surface area contributed by atoms with Gasteiger partial charge in [0.25, 0.3) is 10.0 Å². The topological polar surface area (TPSA) is 99.3 Å². The molecule has 2 aliphatic heterocycles. The average Bonchev–Trinajstić information content (AvgIpc) is 2.87. The summed E-state index contributed by atoms with van der Waals surface area (Å²) in [6.07, 6.45) is 0.908.